The van der Waals surface area contributed by atoms with Crippen molar-refractivity contribution >= 4 is 16.1 Å². The van der Waals surface area contributed by atoms with E-state index in [1.807, 2.05) is 0 Å². The van der Waals surface area contributed by atoms with Crippen LogP contribution in [-0.2, 0) is 14.8 Å². The molecule has 0 atom stereocenters. The molecule has 2 aliphatic heterocycles. The van der Waals surface area contributed by atoms with Crippen molar-refractivity contribution in [2.45, 2.75) is 23.3 Å². The van der Waals surface area contributed by atoms with Crippen molar-refractivity contribution < 1.29 is 22.3 Å². The SMILES string of the molecule is CN1CC2(CCN(S(=O)(=O)c3cc(F)cc(C#N)c3)CC2)OC1=O. The van der Waals surface area contributed by atoms with Gasteiger partial charge in [-0.25, -0.2) is 17.6 Å². The normalized spacial score (nSPS) is 20.9. The van der Waals surface area contributed by atoms with Gasteiger partial charge in [0.15, 0.2) is 0 Å². The van der Waals surface area contributed by atoms with Crippen molar-refractivity contribution in [3.63, 3.8) is 0 Å². The molecule has 0 unspecified atom stereocenters. The van der Waals surface area contributed by atoms with Crippen LogP contribution in [0.2, 0.25) is 0 Å². The number of nitriles is 1. The number of halogens is 1. The number of piperidine rings is 1. The fourth-order valence-electron chi connectivity index (χ4n) is 3.11. The Hall–Kier alpha value is -2.18. The van der Waals surface area contributed by atoms with Crippen LogP contribution in [0.25, 0.3) is 0 Å². The fraction of sp³-hybridized carbons (Fsp3) is 0.467. The highest BCUT2D eigenvalue weighted by atomic mass is 32.2. The monoisotopic (exact) mass is 353 g/mol. The maximum Gasteiger partial charge on any atom is 0.410 e. The highest BCUT2D eigenvalue weighted by Gasteiger charge is 2.47. The average Bonchev–Trinajstić information content (AvgIpc) is 2.81. The van der Waals surface area contributed by atoms with Crippen molar-refractivity contribution in [2.24, 2.45) is 0 Å². The van der Waals surface area contributed by atoms with Crippen LogP contribution in [0.1, 0.15) is 18.4 Å². The van der Waals surface area contributed by atoms with E-state index in [0.29, 0.717) is 19.4 Å². The molecule has 2 fully saturated rings. The summed E-state index contributed by atoms with van der Waals surface area (Å²) in [5.74, 6) is -0.771. The number of ether oxygens (including phenoxy) is 1. The second-order valence-electron chi connectivity index (χ2n) is 6.10. The molecule has 128 valence electrons. The Bertz CT molecular complexity index is 826. The lowest BCUT2D eigenvalue weighted by molar-refractivity contribution is 0.0172. The lowest BCUT2D eigenvalue weighted by Gasteiger charge is -2.36. The van der Waals surface area contributed by atoms with E-state index in [9.17, 15) is 17.6 Å². The topological polar surface area (TPSA) is 90.7 Å². The van der Waals surface area contributed by atoms with Crippen molar-refractivity contribution in [3.05, 3.63) is 29.6 Å². The molecule has 2 aliphatic rings. The maximum absolute atomic E-state index is 13.5. The molecule has 1 amide bonds. The van der Waals surface area contributed by atoms with Crippen molar-refractivity contribution in [2.75, 3.05) is 26.7 Å². The Labute approximate surface area is 139 Å². The van der Waals surface area contributed by atoms with Gasteiger partial charge in [-0.15, -0.1) is 0 Å². The van der Waals surface area contributed by atoms with Crippen LogP contribution in [0, 0.1) is 17.1 Å². The fourth-order valence-corrected chi connectivity index (χ4v) is 4.61. The molecule has 1 aromatic carbocycles. The zero-order valence-electron chi connectivity index (χ0n) is 13.0. The molecule has 0 saturated carbocycles. The van der Waals surface area contributed by atoms with E-state index >= 15 is 0 Å². The lowest BCUT2D eigenvalue weighted by Crippen LogP contribution is -2.48. The van der Waals surface area contributed by atoms with E-state index in [4.69, 9.17) is 10.00 Å². The van der Waals surface area contributed by atoms with Gasteiger partial charge in [0.05, 0.1) is 23.1 Å². The van der Waals surface area contributed by atoms with Crippen molar-refractivity contribution in [1.29, 1.82) is 5.26 Å². The Balaban J connectivity index is 1.80. The summed E-state index contributed by atoms with van der Waals surface area (Å²) in [4.78, 5) is 12.8. The van der Waals surface area contributed by atoms with Gasteiger partial charge in [-0.3, -0.25) is 0 Å². The van der Waals surface area contributed by atoms with Gasteiger partial charge in [0.25, 0.3) is 0 Å². The molecular formula is C15H16FN3O4S. The average molecular weight is 353 g/mol. The van der Waals surface area contributed by atoms with E-state index in [1.54, 1.807) is 13.1 Å². The van der Waals surface area contributed by atoms with Crippen LogP contribution < -0.4 is 0 Å². The molecule has 9 heteroatoms. The van der Waals surface area contributed by atoms with Crippen molar-refractivity contribution in [3.8, 4) is 6.07 Å². The number of hydrogen-bond acceptors (Lipinski definition) is 5. The molecule has 0 N–H and O–H groups in total. The number of sulfonamides is 1. The third-order valence-corrected chi connectivity index (χ3v) is 6.29. The summed E-state index contributed by atoms with van der Waals surface area (Å²) in [5.41, 5.74) is -0.703. The van der Waals surface area contributed by atoms with Crippen LogP contribution in [0.5, 0.6) is 0 Å². The summed E-state index contributed by atoms with van der Waals surface area (Å²) in [5, 5.41) is 8.87. The van der Waals surface area contributed by atoms with Crippen LogP contribution in [0.4, 0.5) is 9.18 Å². The van der Waals surface area contributed by atoms with Gasteiger partial charge in [-0.2, -0.15) is 9.57 Å². The smallest absolute Gasteiger partial charge is 0.410 e. The molecule has 0 aromatic heterocycles. The van der Waals surface area contributed by atoms with Crippen molar-refractivity contribution in [1.82, 2.24) is 9.21 Å². The minimum Gasteiger partial charge on any atom is -0.441 e. The Kier molecular flexibility index (Phi) is 3.97. The molecule has 0 radical (unpaired) electrons. The first-order valence-electron chi connectivity index (χ1n) is 7.41. The van der Waals surface area contributed by atoms with Gasteiger partial charge in [0.1, 0.15) is 11.4 Å². The highest BCUT2D eigenvalue weighted by molar-refractivity contribution is 7.89. The number of nitrogens with zero attached hydrogens (tertiary/aromatic N) is 3. The van der Waals surface area contributed by atoms with Crippen LogP contribution in [0.3, 0.4) is 0 Å². The summed E-state index contributed by atoms with van der Waals surface area (Å²) in [6, 6.07) is 4.80. The lowest BCUT2D eigenvalue weighted by atomic mass is 9.92. The number of amides is 1. The number of benzene rings is 1. The predicted molar refractivity (Wildman–Crippen MR) is 80.9 cm³/mol. The molecular weight excluding hydrogens is 337 g/mol. The summed E-state index contributed by atoms with van der Waals surface area (Å²) in [6.45, 7) is 0.766. The Morgan fingerprint density at radius 3 is 2.50 bits per heavy atom. The molecule has 0 bridgehead atoms. The minimum atomic E-state index is -3.90. The number of carbonyl (C=O) groups is 1. The Morgan fingerprint density at radius 1 is 1.29 bits per heavy atom. The number of likely N-dealkylation sites (N-methyl/N-ethyl adjacent to an activating group) is 1. The second-order valence-corrected chi connectivity index (χ2v) is 8.04. The second kappa shape index (κ2) is 5.72. The van der Waals surface area contributed by atoms with E-state index in [0.717, 1.165) is 18.2 Å². The first-order valence-corrected chi connectivity index (χ1v) is 8.85. The molecule has 0 aliphatic carbocycles. The molecule has 7 nitrogen and oxygen atoms in total. The van der Waals surface area contributed by atoms with Gasteiger partial charge < -0.3 is 9.64 Å². The highest BCUT2D eigenvalue weighted by Crippen LogP contribution is 2.34. The predicted octanol–water partition coefficient (Wildman–Crippen LogP) is 1.30. The Morgan fingerprint density at radius 2 is 1.96 bits per heavy atom. The molecule has 1 spiro atoms. The van der Waals surface area contributed by atoms with Crippen LogP contribution >= 0.6 is 0 Å². The van der Waals surface area contributed by atoms with Gasteiger partial charge in [0, 0.05) is 33.0 Å². The molecule has 3 rings (SSSR count). The molecule has 2 heterocycles. The van der Waals surface area contributed by atoms with Crippen LogP contribution in [-0.4, -0.2) is 56.0 Å². The number of rotatable bonds is 2. The third-order valence-electron chi connectivity index (χ3n) is 4.41. The number of carbonyl (C=O) groups excluding carboxylic acids is 1. The summed E-state index contributed by atoms with van der Waals surface area (Å²) in [7, 11) is -2.27. The van der Waals surface area contributed by atoms with E-state index in [1.165, 1.54) is 9.21 Å². The quantitative estimate of drug-likeness (QED) is 0.799. The number of hydrogen-bond donors (Lipinski definition) is 0. The van der Waals surface area contributed by atoms with E-state index in [2.05, 4.69) is 0 Å². The van der Waals surface area contributed by atoms with Gasteiger partial charge in [0.2, 0.25) is 10.0 Å². The zero-order chi connectivity index (χ0) is 17.5. The van der Waals surface area contributed by atoms with Gasteiger partial charge in [-0.1, -0.05) is 0 Å². The molecule has 24 heavy (non-hydrogen) atoms. The third kappa shape index (κ3) is 2.83. The minimum absolute atomic E-state index is 0.0478. The largest absolute Gasteiger partial charge is 0.441 e. The van der Waals surface area contributed by atoms with E-state index < -0.39 is 27.5 Å². The van der Waals surface area contributed by atoms with Crippen LogP contribution in [0.15, 0.2) is 23.1 Å². The summed E-state index contributed by atoms with van der Waals surface area (Å²) in [6.07, 6.45) is 0.348. The zero-order valence-corrected chi connectivity index (χ0v) is 13.8. The van der Waals surface area contributed by atoms with E-state index in [-0.39, 0.29) is 23.5 Å². The van der Waals surface area contributed by atoms with Gasteiger partial charge in [-0.05, 0) is 18.2 Å². The van der Waals surface area contributed by atoms with Gasteiger partial charge >= 0.3 is 6.09 Å². The summed E-state index contributed by atoms with van der Waals surface area (Å²) >= 11 is 0. The first-order chi connectivity index (χ1) is 11.3. The summed E-state index contributed by atoms with van der Waals surface area (Å²) < 4.78 is 45.5. The maximum atomic E-state index is 13.5. The standard InChI is InChI=1S/C15H16FN3O4S/c1-18-10-15(23-14(18)20)2-4-19(5-3-15)24(21,22)13-7-11(9-17)6-12(16)8-13/h6-8H,2-5,10H2,1H3. The molecule has 1 aromatic rings. The molecule has 2 saturated heterocycles. The first kappa shape index (κ1) is 16.7.